The summed E-state index contributed by atoms with van der Waals surface area (Å²) in [5.74, 6) is -0.888. The van der Waals surface area contributed by atoms with Crippen molar-refractivity contribution in [3.63, 3.8) is 0 Å². The Kier molecular flexibility index (Phi) is 6.65. The number of piperazine rings is 1. The van der Waals surface area contributed by atoms with Crippen LogP contribution in [0.25, 0.3) is 0 Å². The summed E-state index contributed by atoms with van der Waals surface area (Å²) in [4.78, 5) is 30.4. The molecule has 2 aromatic rings. The average molecular weight is 434 g/mol. The fourth-order valence-corrected chi connectivity index (χ4v) is 4.71. The maximum Gasteiger partial charge on any atom is 0.263 e. The molecule has 1 fully saturated rings. The van der Waals surface area contributed by atoms with E-state index in [2.05, 4.69) is 4.98 Å². The first-order chi connectivity index (χ1) is 14.4. The molecule has 1 unspecified atom stereocenters. The van der Waals surface area contributed by atoms with Crippen LogP contribution in [0.2, 0.25) is 0 Å². The van der Waals surface area contributed by atoms with Crippen LogP contribution in [0.4, 0.5) is 0 Å². The zero-order valence-electron chi connectivity index (χ0n) is 16.3. The molecular weight excluding hydrogens is 412 g/mol. The SMILES string of the molecule is COc1ccc(S(=O)(=O)N2CC(=O)N(CCc3ccccn3)CC2C(=O)NO)cc1. The molecule has 2 amide bonds. The standard InChI is InChI=1S/C19H22N4O6S/c1-29-15-5-7-16(8-6-15)30(27,28)23-13-18(24)22(12-17(23)19(25)21-26)11-9-14-4-2-3-10-20-14/h2-8,10,17,26H,9,11-13H2,1H3,(H,21,25). The number of amides is 2. The van der Waals surface area contributed by atoms with E-state index in [1.807, 2.05) is 12.1 Å². The van der Waals surface area contributed by atoms with Gasteiger partial charge in [0.25, 0.3) is 5.91 Å². The number of ether oxygens (including phenoxy) is 1. The molecule has 1 aliphatic heterocycles. The second-order valence-corrected chi connectivity index (χ2v) is 8.52. The Morgan fingerprint density at radius 2 is 2.00 bits per heavy atom. The largest absolute Gasteiger partial charge is 0.497 e. The highest BCUT2D eigenvalue weighted by Gasteiger charge is 2.43. The molecule has 2 heterocycles. The fourth-order valence-electron chi connectivity index (χ4n) is 3.18. The molecule has 30 heavy (non-hydrogen) atoms. The van der Waals surface area contributed by atoms with Gasteiger partial charge < -0.3 is 9.64 Å². The zero-order chi connectivity index (χ0) is 21.7. The normalized spacial score (nSPS) is 17.6. The molecule has 160 valence electrons. The lowest BCUT2D eigenvalue weighted by Gasteiger charge is -2.38. The van der Waals surface area contributed by atoms with Crippen molar-refractivity contribution in [1.82, 2.24) is 19.7 Å². The monoisotopic (exact) mass is 434 g/mol. The Morgan fingerprint density at radius 3 is 2.60 bits per heavy atom. The summed E-state index contributed by atoms with van der Waals surface area (Å²) in [6, 6.07) is 9.75. The number of nitrogens with zero attached hydrogens (tertiary/aromatic N) is 3. The van der Waals surface area contributed by atoms with Crippen molar-refractivity contribution >= 4 is 21.8 Å². The van der Waals surface area contributed by atoms with Crippen molar-refractivity contribution in [2.24, 2.45) is 0 Å². The van der Waals surface area contributed by atoms with Gasteiger partial charge in [0.2, 0.25) is 15.9 Å². The third kappa shape index (κ3) is 4.58. The van der Waals surface area contributed by atoms with Crippen LogP contribution < -0.4 is 10.2 Å². The van der Waals surface area contributed by atoms with Gasteiger partial charge in [0.15, 0.2) is 0 Å². The first kappa shape index (κ1) is 21.7. The number of rotatable bonds is 7. The van der Waals surface area contributed by atoms with Gasteiger partial charge in [-0.15, -0.1) is 0 Å². The predicted octanol–water partition coefficient (Wildman–Crippen LogP) is 0.0398. The van der Waals surface area contributed by atoms with Crippen molar-refractivity contribution < 1.29 is 28.0 Å². The van der Waals surface area contributed by atoms with Gasteiger partial charge in [-0.2, -0.15) is 4.31 Å². The minimum absolute atomic E-state index is 0.0891. The summed E-state index contributed by atoms with van der Waals surface area (Å²) in [6.07, 6.45) is 2.09. The number of pyridine rings is 1. The molecule has 1 aliphatic rings. The maximum atomic E-state index is 13.1. The van der Waals surface area contributed by atoms with Crippen LogP contribution in [0.1, 0.15) is 5.69 Å². The van der Waals surface area contributed by atoms with Gasteiger partial charge in [-0.05, 0) is 36.4 Å². The molecule has 0 saturated carbocycles. The topological polar surface area (TPSA) is 129 Å². The van der Waals surface area contributed by atoms with Crippen LogP contribution in [0.15, 0.2) is 53.6 Å². The van der Waals surface area contributed by atoms with E-state index in [0.717, 1.165) is 10.00 Å². The first-order valence-electron chi connectivity index (χ1n) is 9.14. The number of carbonyl (C=O) groups is 2. The second kappa shape index (κ2) is 9.20. The Hall–Kier alpha value is -3.02. The molecule has 0 bridgehead atoms. The summed E-state index contributed by atoms with van der Waals surface area (Å²) >= 11 is 0. The number of benzene rings is 1. The molecule has 0 spiro atoms. The Balaban J connectivity index is 1.82. The van der Waals surface area contributed by atoms with Gasteiger partial charge in [0, 0.05) is 31.4 Å². The quantitative estimate of drug-likeness (QED) is 0.465. The van der Waals surface area contributed by atoms with Crippen molar-refractivity contribution in [3.8, 4) is 5.75 Å². The molecule has 1 aromatic carbocycles. The molecular formula is C19H22N4O6S. The van der Waals surface area contributed by atoms with Gasteiger partial charge in [-0.25, -0.2) is 13.9 Å². The molecule has 2 N–H and O–H groups in total. The Morgan fingerprint density at radius 1 is 1.27 bits per heavy atom. The van der Waals surface area contributed by atoms with Crippen LogP contribution in [-0.4, -0.2) is 72.4 Å². The molecule has 0 aliphatic carbocycles. The molecule has 10 nitrogen and oxygen atoms in total. The van der Waals surface area contributed by atoms with Crippen molar-refractivity contribution in [1.29, 1.82) is 0 Å². The minimum Gasteiger partial charge on any atom is -0.497 e. The molecule has 1 aromatic heterocycles. The molecule has 1 atom stereocenters. The van der Waals surface area contributed by atoms with Crippen LogP contribution in [0.3, 0.4) is 0 Å². The highest BCUT2D eigenvalue weighted by Crippen LogP contribution is 2.24. The molecule has 11 heteroatoms. The number of nitrogens with one attached hydrogen (secondary N) is 1. The number of aromatic nitrogens is 1. The van der Waals surface area contributed by atoms with Crippen LogP contribution >= 0.6 is 0 Å². The first-order valence-corrected chi connectivity index (χ1v) is 10.6. The third-order valence-corrected chi connectivity index (χ3v) is 6.70. The van der Waals surface area contributed by atoms with Crippen molar-refractivity contribution in [2.75, 3.05) is 26.7 Å². The van der Waals surface area contributed by atoms with E-state index in [9.17, 15) is 18.0 Å². The summed E-state index contributed by atoms with van der Waals surface area (Å²) in [6.45, 7) is -0.441. The smallest absolute Gasteiger partial charge is 0.263 e. The number of carbonyl (C=O) groups excluding carboxylic acids is 2. The summed E-state index contributed by atoms with van der Waals surface area (Å²) < 4.78 is 32.0. The summed E-state index contributed by atoms with van der Waals surface area (Å²) in [5.41, 5.74) is 2.27. The molecule has 0 radical (unpaired) electrons. The lowest BCUT2D eigenvalue weighted by Crippen LogP contribution is -2.62. The van der Waals surface area contributed by atoms with Crippen molar-refractivity contribution in [2.45, 2.75) is 17.4 Å². The molecule has 3 rings (SSSR count). The van der Waals surface area contributed by atoms with Gasteiger partial charge in [0.05, 0.1) is 18.6 Å². The van der Waals surface area contributed by atoms with Crippen LogP contribution in [-0.2, 0) is 26.0 Å². The van der Waals surface area contributed by atoms with Crippen LogP contribution in [0, 0.1) is 0 Å². The van der Waals surface area contributed by atoms with Gasteiger partial charge in [-0.1, -0.05) is 6.07 Å². The van der Waals surface area contributed by atoms with E-state index in [0.29, 0.717) is 12.2 Å². The van der Waals surface area contributed by atoms with Gasteiger partial charge in [0.1, 0.15) is 11.8 Å². The minimum atomic E-state index is -4.17. The number of hydroxylamine groups is 1. The van der Waals surface area contributed by atoms with E-state index in [1.165, 1.54) is 41.8 Å². The van der Waals surface area contributed by atoms with E-state index >= 15 is 0 Å². The van der Waals surface area contributed by atoms with E-state index in [4.69, 9.17) is 9.94 Å². The molecule has 1 saturated heterocycles. The lowest BCUT2D eigenvalue weighted by molar-refractivity contribution is -0.143. The predicted molar refractivity (Wildman–Crippen MR) is 105 cm³/mol. The number of hydrogen-bond acceptors (Lipinski definition) is 7. The van der Waals surface area contributed by atoms with E-state index in [-0.39, 0.29) is 18.0 Å². The summed E-state index contributed by atoms with van der Waals surface area (Å²) in [7, 11) is -2.72. The Labute approximate surface area is 174 Å². The highest BCUT2D eigenvalue weighted by atomic mass is 32.2. The second-order valence-electron chi connectivity index (χ2n) is 6.63. The number of methoxy groups -OCH3 is 1. The van der Waals surface area contributed by atoms with Gasteiger partial charge in [-0.3, -0.25) is 19.8 Å². The highest BCUT2D eigenvalue weighted by molar-refractivity contribution is 7.89. The lowest BCUT2D eigenvalue weighted by atomic mass is 10.1. The number of hydrogen-bond donors (Lipinski definition) is 2. The maximum absolute atomic E-state index is 13.1. The third-order valence-electron chi connectivity index (χ3n) is 4.83. The van der Waals surface area contributed by atoms with E-state index in [1.54, 1.807) is 12.3 Å². The van der Waals surface area contributed by atoms with E-state index < -0.39 is 34.4 Å². The van der Waals surface area contributed by atoms with Gasteiger partial charge >= 0.3 is 0 Å². The Bertz CT molecular complexity index is 997. The van der Waals surface area contributed by atoms with Crippen molar-refractivity contribution in [3.05, 3.63) is 54.4 Å². The zero-order valence-corrected chi connectivity index (χ0v) is 17.1. The number of sulfonamides is 1. The average Bonchev–Trinajstić information content (AvgIpc) is 2.78. The summed E-state index contributed by atoms with van der Waals surface area (Å²) in [5, 5.41) is 9.12. The fraction of sp³-hybridized carbons (Fsp3) is 0.316. The van der Waals surface area contributed by atoms with Crippen LogP contribution in [0.5, 0.6) is 5.75 Å².